The Bertz CT molecular complexity index is 2720. The van der Waals surface area contributed by atoms with Crippen LogP contribution in [0.1, 0.15) is 87.1 Å². The lowest BCUT2D eigenvalue weighted by atomic mass is 9.75. The van der Waals surface area contributed by atoms with E-state index in [0.29, 0.717) is 0 Å². The molecule has 1 nitrogen and oxygen atoms in total. The third-order valence-corrected chi connectivity index (χ3v) is 13.4. The Morgan fingerprint density at radius 3 is 2.09 bits per heavy atom. The fourth-order valence-corrected chi connectivity index (χ4v) is 10.3. The summed E-state index contributed by atoms with van der Waals surface area (Å²) in [6.07, 6.45) is 10.8. The topological polar surface area (TPSA) is 3.24 Å². The Labute approximate surface area is 346 Å². The van der Waals surface area contributed by atoms with Crippen LogP contribution in [0.3, 0.4) is 0 Å². The molecule has 2 heteroatoms. The van der Waals surface area contributed by atoms with E-state index in [4.69, 9.17) is 0 Å². The van der Waals surface area contributed by atoms with Crippen LogP contribution >= 0.6 is 0 Å². The van der Waals surface area contributed by atoms with Crippen molar-refractivity contribution in [1.82, 2.24) is 0 Å². The summed E-state index contributed by atoms with van der Waals surface area (Å²) >= 11 is 0. The van der Waals surface area contributed by atoms with Crippen molar-refractivity contribution in [3.05, 3.63) is 179 Å². The van der Waals surface area contributed by atoms with Crippen molar-refractivity contribution < 1.29 is 0 Å². The number of aryl methyl sites for hydroxylation is 1. The van der Waals surface area contributed by atoms with Crippen molar-refractivity contribution in [2.75, 3.05) is 4.90 Å². The van der Waals surface area contributed by atoms with Gasteiger partial charge in [0.1, 0.15) is 7.85 Å². The molecule has 0 amide bonds. The average Bonchev–Trinajstić information content (AvgIpc) is 3.51. The fourth-order valence-electron chi connectivity index (χ4n) is 10.3. The van der Waals surface area contributed by atoms with Gasteiger partial charge in [-0.05, 0) is 140 Å². The summed E-state index contributed by atoms with van der Waals surface area (Å²) in [5, 5.41) is 0. The van der Waals surface area contributed by atoms with E-state index in [1.807, 2.05) is 0 Å². The third kappa shape index (κ3) is 6.17. The van der Waals surface area contributed by atoms with Crippen LogP contribution in [-0.4, -0.2) is 7.85 Å². The second-order valence-electron chi connectivity index (χ2n) is 17.4. The molecular formula is C56H52BN. The molecule has 0 unspecified atom stereocenters. The molecule has 2 bridgehead atoms. The van der Waals surface area contributed by atoms with Gasteiger partial charge >= 0.3 is 0 Å². The number of nitrogens with zero attached hydrogens (tertiary/aromatic N) is 1. The quantitative estimate of drug-likeness (QED) is 0.140. The van der Waals surface area contributed by atoms with Gasteiger partial charge in [0.25, 0.3) is 0 Å². The van der Waals surface area contributed by atoms with Gasteiger partial charge in [-0.1, -0.05) is 166 Å². The minimum atomic E-state index is -0.207. The smallest absolute Gasteiger partial charge is 0.142 e. The van der Waals surface area contributed by atoms with Crippen molar-refractivity contribution in [3.63, 3.8) is 0 Å². The van der Waals surface area contributed by atoms with Crippen LogP contribution in [0.4, 0.5) is 11.4 Å². The predicted molar refractivity (Wildman–Crippen MR) is 251 cm³/mol. The van der Waals surface area contributed by atoms with Crippen molar-refractivity contribution >= 4 is 30.3 Å². The van der Waals surface area contributed by atoms with Gasteiger partial charge < -0.3 is 4.90 Å². The molecule has 0 fully saturated rings. The molecule has 1 heterocycles. The molecule has 1 aliphatic heterocycles. The zero-order valence-electron chi connectivity index (χ0n) is 34.5. The zero-order valence-corrected chi connectivity index (χ0v) is 34.5. The second-order valence-corrected chi connectivity index (χ2v) is 17.4. The number of allylic oxidation sites excluding steroid dienone is 2. The van der Waals surface area contributed by atoms with Gasteiger partial charge in [0.15, 0.2) is 0 Å². The van der Waals surface area contributed by atoms with Gasteiger partial charge in [-0.2, -0.15) is 0 Å². The summed E-state index contributed by atoms with van der Waals surface area (Å²) in [7, 11) is 2.38. The monoisotopic (exact) mass is 749 g/mol. The number of unbranched alkanes of at least 4 members (excludes halogenated alkanes) is 1. The Morgan fingerprint density at radius 2 is 1.31 bits per heavy atom. The Morgan fingerprint density at radius 1 is 0.586 bits per heavy atom. The van der Waals surface area contributed by atoms with Crippen LogP contribution in [0.2, 0.25) is 0 Å². The van der Waals surface area contributed by atoms with Gasteiger partial charge in [0.05, 0.1) is 5.69 Å². The number of anilines is 2. The summed E-state index contributed by atoms with van der Waals surface area (Å²) < 4.78 is 0. The summed E-state index contributed by atoms with van der Waals surface area (Å²) in [6.45, 7) is 7.93. The average molecular weight is 750 g/mol. The van der Waals surface area contributed by atoms with Crippen molar-refractivity contribution in [2.45, 2.75) is 77.7 Å². The molecule has 7 aromatic rings. The van der Waals surface area contributed by atoms with E-state index < -0.39 is 0 Å². The van der Waals surface area contributed by atoms with E-state index in [2.05, 4.69) is 185 Å². The van der Waals surface area contributed by atoms with Crippen LogP contribution in [0, 0.1) is 0 Å². The van der Waals surface area contributed by atoms with Crippen LogP contribution in [0.15, 0.2) is 152 Å². The summed E-state index contributed by atoms with van der Waals surface area (Å²) in [5.41, 5.74) is 25.3. The molecular weight excluding hydrogens is 697 g/mol. The highest BCUT2D eigenvalue weighted by Gasteiger charge is 2.41. The lowest BCUT2D eigenvalue weighted by Gasteiger charge is -2.38. The highest BCUT2D eigenvalue weighted by Crippen LogP contribution is 2.57. The highest BCUT2D eigenvalue weighted by molar-refractivity contribution is 6.40. The van der Waals surface area contributed by atoms with Gasteiger partial charge in [0.2, 0.25) is 0 Å². The first-order valence-corrected chi connectivity index (χ1v) is 21.7. The maximum atomic E-state index is 2.72. The molecule has 0 N–H and O–H groups in total. The Kier molecular flexibility index (Phi) is 9.32. The first-order chi connectivity index (χ1) is 28.4. The van der Waals surface area contributed by atoms with E-state index in [0.717, 1.165) is 19.4 Å². The van der Waals surface area contributed by atoms with Crippen LogP contribution < -0.4 is 10.4 Å². The maximum Gasteiger partial charge on any atom is 0.142 e. The normalized spacial score (nSPS) is 14.7. The maximum absolute atomic E-state index is 2.72. The molecule has 0 aromatic heterocycles. The SMILES string of the molecule is Bc1c2cc(-c3ccccc3)cc1N(Cc1ccc(CCCC)cc1-c1ccccc1)c1c(ccc3c1C(C)(C)c1ccccc1-3)-c1ccc(C3=CCCCC3)cc1-2. The number of hydrogen-bond donors (Lipinski definition) is 0. The molecule has 0 saturated heterocycles. The molecule has 0 saturated carbocycles. The zero-order chi connectivity index (χ0) is 39.4. The largest absolute Gasteiger partial charge is 0.337 e. The molecule has 3 aliphatic rings. The third-order valence-electron chi connectivity index (χ3n) is 13.4. The Hall–Kier alpha value is -5.86. The molecule has 0 spiro atoms. The minimum absolute atomic E-state index is 0.207. The van der Waals surface area contributed by atoms with E-state index in [1.54, 1.807) is 0 Å². The first-order valence-electron chi connectivity index (χ1n) is 21.7. The van der Waals surface area contributed by atoms with Gasteiger partial charge in [-0.15, -0.1) is 0 Å². The molecule has 0 radical (unpaired) electrons. The lowest BCUT2D eigenvalue weighted by molar-refractivity contribution is 0.658. The van der Waals surface area contributed by atoms with Crippen molar-refractivity contribution in [2.24, 2.45) is 0 Å². The van der Waals surface area contributed by atoms with Gasteiger partial charge in [0, 0.05) is 23.2 Å². The van der Waals surface area contributed by atoms with E-state index in [1.165, 1.54) is 138 Å². The number of rotatable bonds is 8. The number of benzene rings is 7. The predicted octanol–water partition coefficient (Wildman–Crippen LogP) is 13.9. The van der Waals surface area contributed by atoms with Gasteiger partial charge in [-0.3, -0.25) is 0 Å². The number of hydrogen-bond acceptors (Lipinski definition) is 1. The molecule has 10 rings (SSSR count). The summed E-state index contributed by atoms with van der Waals surface area (Å²) in [4.78, 5) is 2.72. The minimum Gasteiger partial charge on any atom is -0.337 e. The van der Waals surface area contributed by atoms with Crippen molar-refractivity contribution in [1.29, 1.82) is 0 Å². The standard InChI is InChI=1S/C56H52BN/c1-4-5-17-37-26-27-42(48(32-37)40-22-13-8-14-23-40)36-58-52-35-43(39-20-11-7-12-21-39)34-50(54(52)57)49-33-41(38-18-9-6-10-19-38)28-29-44(49)47-31-30-46-45-24-15-16-25-51(45)56(2,3)53(46)55(47)58/h7-8,11-16,18,20-35H,4-6,9-10,17,19,36,57H2,1-3H3. The van der Waals surface area contributed by atoms with Crippen LogP contribution in [0.25, 0.3) is 61.2 Å². The van der Waals surface area contributed by atoms with E-state index in [-0.39, 0.29) is 5.41 Å². The molecule has 58 heavy (non-hydrogen) atoms. The fraction of sp³-hybridized carbons (Fsp3) is 0.214. The van der Waals surface area contributed by atoms with Crippen LogP contribution in [-0.2, 0) is 18.4 Å². The van der Waals surface area contributed by atoms with E-state index >= 15 is 0 Å². The lowest BCUT2D eigenvalue weighted by Crippen LogP contribution is -2.30. The summed E-state index contributed by atoms with van der Waals surface area (Å²) in [5.74, 6) is 0. The molecule has 7 aromatic carbocycles. The summed E-state index contributed by atoms with van der Waals surface area (Å²) in [6, 6.07) is 55.8. The van der Waals surface area contributed by atoms with Gasteiger partial charge in [-0.25, -0.2) is 0 Å². The second kappa shape index (κ2) is 14.8. The van der Waals surface area contributed by atoms with E-state index in [9.17, 15) is 0 Å². The molecule has 2 aliphatic carbocycles. The first kappa shape index (κ1) is 36.5. The highest BCUT2D eigenvalue weighted by atomic mass is 15.1. The Balaban J connectivity index is 1.29. The van der Waals surface area contributed by atoms with Crippen LogP contribution in [0.5, 0.6) is 0 Å². The van der Waals surface area contributed by atoms with Crippen molar-refractivity contribution in [3.8, 4) is 55.6 Å². The number of fused-ring (bicyclic) bond motifs is 10. The molecule has 284 valence electrons. The molecule has 0 atom stereocenters.